The average Bonchev–Trinajstić information content (AvgIpc) is 3.11. The number of H-pyrrole nitrogens is 1. The monoisotopic (exact) mass is 376 g/mol. The van der Waals surface area contributed by atoms with E-state index in [2.05, 4.69) is 16.4 Å². The lowest BCUT2D eigenvalue weighted by Crippen LogP contribution is -2.37. The van der Waals surface area contributed by atoms with E-state index in [1.54, 1.807) is 31.2 Å². The van der Waals surface area contributed by atoms with Crippen molar-refractivity contribution in [3.63, 3.8) is 0 Å². The van der Waals surface area contributed by atoms with Gasteiger partial charge in [0.2, 0.25) is 0 Å². The highest BCUT2D eigenvalue weighted by Gasteiger charge is 2.15. The number of benzene rings is 2. The summed E-state index contributed by atoms with van der Waals surface area (Å²) in [5.41, 5.74) is 2.25. The Kier molecular flexibility index (Phi) is 4.85. The van der Waals surface area contributed by atoms with Crippen LogP contribution in [0.25, 0.3) is 21.9 Å². The molecule has 0 aliphatic heterocycles. The molecular weight excluding hydrogens is 356 g/mol. The molecule has 0 aliphatic rings. The predicted octanol–water partition coefficient (Wildman–Crippen LogP) is 3.40. The third-order valence-electron chi connectivity index (χ3n) is 4.65. The third-order valence-corrected chi connectivity index (χ3v) is 4.65. The highest BCUT2D eigenvalue weighted by molar-refractivity contribution is 5.84. The van der Waals surface area contributed by atoms with Gasteiger partial charge in [0.25, 0.3) is 5.91 Å². The summed E-state index contributed by atoms with van der Waals surface area (Å²) in [6.45, 7) is 2.20. The Bertz CT molecular complexity index is 1190. The molecule has 0 saturated carbocycles. The van der Waals surface area contributed by atoms with E-state index < -0.39 is 11.7 Å². The number of rotatable bonds is 6. The fourth-order valence-electron chi connectivity index (χ4n) is 3.17. The van der Waals surface area contributed by atoms with Crippen LogP contribution in [-0.2, 0) is 11.2 Å². The number of aromatic amines is 1. The van der Waals surface area contributed by atoms with Gasteiger partial charge in [0.15, 0.2) is 6.10 Å². The van der Waals surface area contributed by atoms with Crippen molar-refractivity contribution in [3.8, 4) is 5.75 Å². The lowest BCUT2D eigenvalue weighted by molar-refractivity contribution is -0.127. The molecule has 2 aromatic carbocycles. The maximum absolute atomic E-state index is 12.3. The van der Waals surface area contributed by atoms with Crippen LogP contribution in [0.3, 0.4) is 0 Å². The lowest BCUT2D eigenvalue weighted by atomic mass is 10.1. The number of amides is 1. The van der Waals surface area contributed by atoms with Gasteiger partial charge in [0.05, 0.1) is 0 Å². The van der Waals surface area contributed by atoms with Crippen molar-refractivity contribution in [1.29, 1.82) is 0 Å². The number of hydrogen-bond acceptors (Lipinski definition) is 4. The molecule has 1 amide bonds. The summed E-state index contributed by atoms with van der Waals surface area (Å²) in [6, 6.07) is 16.3. The predicted molar refractivity (Wildman–Crippen MR) is 108 cm³/mol. The van der Waals surface area contributed by atoms with Crippen molar-refractivity contribution in [2.75, 3.05) is 6.54 Å². The van der Waals surface area contributed by atoms with Crippen molar-refractivity contribution in [1.82, 2.24) is 10.3 Å². The van der Waals surface area contributed by atoms with Crippen LogP contribution in [0.2, 0.25) is 0 Å². The molecule has 28 heavy (non-hydrogen) atoms. The Balaban J connectivity index is 1.35. The molecule has 0 saturated heterocycles. The van der Waals surface area contributed by atoms with Crippen LogP contribution < -0.4 is 15.7 Å². The molecular formula is C22H20N2O4. The van der Waals surface area contributed by atoms with E-state index in [-0.39, 0.29) is 5.91 Å². The zero-order valence-electron chi connectivity index (χ0n) is 15.4. The smallest absolute Gasteiger partial charge is 0.336 e. The summed E-state index contributed by atoms with van der Waals surface area (Å²) >= 11 is 0. The number of carbonyl (C=O) groups is 1. The van der Waals surface area contributed by atoms with E-state index in [1.807, 2.05) is 24.4 Å². The second-order valence-corrected chi connectivity index (χ2v) is 6.61. The van der Waals surface area contributed by atoms with E-state index in [0.717, 1.165) is 22.9 Å². The van der Waals surface area contributed by atoms with Gasteiger partial charge in [0.1, 0.15) is 11.3 Å². The van der Waals surface area contributed by atoms with E-state index >= 15 is 0 Å². The Morgan fingerprint density at radius 2 is 2.00 bits per heavy atom. The van der Waals surface area contributed by atoms with E-state index in [1.165, 1.54) is 11.5 Å². The summed E-state index contributed by atoms with van der Waals surface area (Å²) < 4.78 is 10.8. The summed E-state index contributed by atoms with van der Waals surface area (Å²) in [7, 11) is 0. The van der Waals surface area contributed by atoms with Gasteiger partial charge in [-0.05, 0) is 43.2 Å². The van der Waals surface area contributed by atoms with Crippen LogP contribution in [0, 0.1) is 0 Å². The minimum Gasteiger partial charge on any atom is -0.481 e. The molecule has 0 fully saturated rings. The van der Waals surface area contributed by atoms with E-state index in [4.69, 9.17) is 9.15 Å². The summed E-state index contributed by atoms with van der Waals surface area (Å²) in [4.78, 5) is 26.9. The highest BCUT2D eigenvalue weighted by atomic mass is 16.5. The zero-order valence-corrected chi connectivity index (χ0v) is 15.4. The molecule has 6 nitrogen and oxygen atoms in total. The summed E-state index contributed by atoms with van der Waals surface area (Å²) in [6.07, 6.45) is 2.03. The molecule has 6 heteroatoms. The van der Waals surface area contributed by atoms with Crippen molar-refractivity contribution in [2.45, 2.75) is 19.4 Å². The molecule has 4 rings (SSSR count). The van der Waals surface area contributed by atoms with Crippen molar-refractivity contribution in [3.05, 3.63) is 76.8 Å². The molecule has 0 radical (unpaired) electrons. The SMILES string of the molecule is C[C@@H](Oc1ccc2ccc(=O)oc2c1)C(=O)NCCc1c[nH]c2ccccc12. The van der Waals surface area contributed by atoms with E-state index in [9.17, 15) is 9.59 Å². The summed E-state index contributed by atoms with van der Waals surface area (Å²) in [5, 5.41) is 4.86. The van der Waals surface area contributed by atoms with Gasteiger partial charge in [-0.15, -0.1) is 0 Å². The molecule has 0 spiro atoms. The fourth-order valence-corrected chi connectivity index (χ4v) is 3.17. The first-order valence-electron chi connectivity index (χ1n) is 9.13. The number of fused-ring (bicyclic) bond motifs is 2. The normalized spacial score (nSPS) is 12.2. The molecule has 0 bridgehead atoms. The molecule has 0 aliphatic carbocycles. The first kappa shape index (κ1) is 17.9. The largest absolute Gasteiger partial charge is 0.481 e. The van der Waals surface area contributed by atoms with Crippen molar-refractivity contribution < 1.29 is 13.9 Å². The van der Waals surface area contributed by atoms with Gasteiger partial charge in [-0.1, -0.05) is 18.2 Å². The Hall–Kier alpha value is -3.54. The van der Waals surface area contributed by atoms with E-state index in [0.29, 0.717) is 17.9 Å². The molecule has 2 aromatic heterocycles. The molecule has 2 N–H and O–H groups in total. The molecule has 4 aromatic rings. The van der Waals surface area contributed by atoms with Crippen LogP contribution in [-0.4, -0.2) is 23.5 Å². The fraction of sp³-hybridized carbons (Fsp3) is 0.182. The number of carbonyl (C=O) groups excluding carboxylic acids is 1. The van der Waals surface area contributed by atoms with Gasteiger partial charge < -0.3 is 19.5 Å². The van der Waals surface area contributed by atoms with Crippen LogP contribution in [0.4, 0.5) is 0 Å². The second-order valence-electron chi connectivity index (χ2n) is 6.61. The van der Waals surface area contributed by atoms with Crippen molar-refractivity contribution in [2.24, 2.45) is 0 Å². The second kappa shape index (κ2) is 7.60. The topological polar surface area (TPSA) is 84.3 Å². The van der Waals surface area contributed by atoms with Crippen LogP contribution >= 0.6 is 0 Å². The van der Waals surface area contributed by atoms with Crippen LogP contribution in [0.15, 0.2) is 70.0 Å². The quantitative estimate of drug-likeness (QED) is 0.505. The van der Waals surface area contributed by atoms with Gasteiger partial charge >= 0.3 is 5.63 Å². The van der Waals surface area contributed by atoms with Gasteiger partial charge in [-0.25, -0.2) is 4.79 Å². The minimum atomic E-state index is -0.671. The zero-order chi connectivity index (χ0) is 19.5. The number of nitrogens with one attached hydrogen (secondary N) is 2. The molecule has 0 unspecified atom stereocenters. The van der Waals surface area contributed by atoms with Gasteiger partial charge in [-0.2, -0.15) is 0 Å². The first-order chi connectivity index (χ1) is 13.6. The van der Waals surface area contributed by atoms with Gasteiger partial charge in [-0.3, -0.25) is 4.79 Å². The molecule has 1 atom stereocenters. The maximum atomic E-state index is 12.3. The maximum Gasteiger partial charge on any atom is 0.336 e. The molecule has 2 heterocycles. The number of aromatic nitrogens is 1. The highest BCUT2D eigenvalue weighted by Crippen LogP contribution is 2.21. The Morgan fingerprint density at radius 3 is 2.89 bits per heavy atom. The Morgan fingerprint density at radius 1 is 1.18 bits per heavy atom. The number of para-hydroxylation sites is 1. The van der Waals surface area contributed by atoms with Crippen LogP contribution in [0.5, 0.6) is 5.75 Å². The Labute approximate surface area is 161 Å². The lowest BCUT2D eigenvalue weighted by Gasteiger charge is -2.15. The summed E-state index contributed by atoms with van der Waals surface area (Å²) in [5.74, 6) is 0.274. The van der Waals surface area contributed by atoms with Crippen LogP contribution in [0.1, 0.15) is 12.5 Å². The standard InChI is InChI=1S/C22H20N2O4/c1-14(27-17-8-6-15-7-9-21(25)28-20(15)12-17)22(26)23-11-10-16-13-24-19-5-3-2-4-18(16)19/h2-9,12-14,24H,10-11H2,1H3,(H,23,26)/t14-/m1/s1. The average molecular weight is 376 g/mol. The van der Waals surface area contributed by atoms with Gasteiger partial charge in [0, 0.05) is 41.2 Å². The number of ether oxygens (including phenoxy) is 1. The first-order valence-corrected chi connectivity index (χ1v) is 9.13. The number of hydrogen-bond donors (Lipinski definition) is 2. The van der Waals surface area contributed by atoms with Crippen molar-refractivity contribution >= 4 is 27.8 Å². The minimum absolute atomic E-state index is 0.200. The third kappa shape index (κ3) is 3.76. The molecule has 142 valence electrons.